The summed E-state index contributed by atoms with van der Waals surface area (Å²) < 4.78 is 36.7. The molecule has 0 aliphatic heterocycles. The van der Waals surface area contributed by atoms with Crippen molar-refractivity contribution in [1.82, 2.24) is 4.31 Å². The molecule has 0 saturated carbocycles. The molecule has 0 bridgehead atoms. The molecule has 1 heterocycles. The maximum absolute atomic E-state index is 12.6. The van der Waals surface area contributed by atoms with E-state index in [1.807, 2.05) is 0 Å². The van der Waals surface area contributed by atoms with Gasteiger partial charge in [0.15, 0.2) is 11.3 Å². The first-order chi connectivity index (χ1) is 13.2. The monoisotopic (exact) mass is 492 g/mol. The van der Waals surface area contributed by atoms with Crippen LogP contribution < -0.4 is 5.32 Å². The van der Waals surface area contributed by atoms with Crippen molar-refractivity contribution in [3.63, 3.8) is 0 Å². The van der Waals surface area contributed by atoms with Crippen molar-refractivity contribution in [3.05, 3.63) is 45.8 Å². The van der Waals surface area contributed by atoms with E-state index in [-0.39, 0.29) is 21.4 Å². The molecule has 1 amide bonds. The molecule has 1 N–H and O–H groups in total. The average molecular weight is 494 g/mol. The predicted octanol–water partition coefficient (Wildman–Crippen LogP) is 3.52. The number of nitrogens with one attached hydrogen (secondary N) is 1. The number of benzene rings is 1. The zero-order chi connectivity index (χ0) is 20.9. The Morgan fingerprint density at radius 3 is 2.46 bits per heavy atom. The molecule has 2 rings (SSSR count). The number of carbonyl (C=O) groups is 2. The van der Waals surface area contributed by atoms with Gasteiger partial charge in [0.1, 0.15) is 0 Å². The van der Waals surface area contributed by atoms with E-state index < -0.39 is 28.5 Å². The molecule has 0 fully saturated rings. The van der Waals surface area contributed by atoms with Crippen LogP contribution in [0.15, 0.2) is 44.3 Å². The van der Waals surface area contributed by atoms with Crippen LogP contribution in [0.5, 0.6) is 0 Å². The number of esters is 1. The fraction of sp³-hybridized carbons (Fsp3) is 0.294. The lowest BCUT2D eigenvalue weighted by molar-refractivity contribution is -0.119. The number of hydrogen-bond donors (Lipinski definition) is 1. The molecule has 0 unspecified atom stereocenters. The average Bonchev–Trinajstić information content (AvgIpc) is 3.08. The summed E-state index contributed by atoms with van der Waals surface area (Å²) in [7, 11) is -3.71. The highest BCUT2D eigenvalue weighted by atomic mass is 79.9. The maximum Gasteiger partial charge on any atom is 0.374 e. The first-order valence-corrected chi connectivity index (χ1v) is 10.8. The summed E-state index contributed by atoms with van der Waals surface area (Å²) >= 11 is 9.10. The van der Waals surface area contributed by atoms with Crippen molar-refractivity contribution in [3.8, 4) is 0 Å². The van der Waals surface area contributed by atoms with Gasteiger partial charge in [0.2, 0.25) is 15.8 Å². The summed E-state index contributed by atoms with van der Waals surface area (Å²) in [4.78, 5) is 23.8. The molecule has 0 spiro atoms. The van der Waals surface area contributed by atoms with Gasteiger partial charge in [0.25, 0.3) is 5.91 Å². The van der Waals surface area contributed by atoms with Gasteiger partial charge in [-0.25, -0.2) is 13.2 Å². The summed E-state index contributed by atoms with van der Waals surface area (Å²) in [5.74, 6) is -1.56. The topological polar surface area (TPSA) is 106 Å². The normalized spacial score (nSPS) is 11.5. The maximum atomic E-state index is 12.6. The first-order valence-electron chi connectivity index (χ1n) is 8.21. The Morgan fingerprint density at radius 2 is 1.89 bits per heavy atom. The molecule has 1 aromatic heterocycles. The van der Waals surface area contributed by atoms with E-state index in [2.05, 4.69) is 21.2 Å². The van der Waals surface area contributed by atoms with E-state index in [4.69, 9.17) is 20.8 Å². The number of hydrogen-bond acceptors (Lipinski definition) is 6. The van der Waals surface area contributed by atoms with E-state index in [9.17, 15) is 18.0 Å². The molecule has 0 saturated heterocycles. The molecule has 28 heavy (non-hydrogen) atoms. The summed E-state index contributed by atoms with van der Waals surface area (Å²) in [6.45, 7) is 3.47. The molecule has 8 nitrogen and oxygen atoms in total. The van der Waals surface area contributed by atoms with Gasteiger partial charge < -0.3 is 14.5 Å². The number of furan rings is 1. The van der Waals surface area contributed by atoms with Gasteiger partial charge >= 0.3 is 5.97 Å². The van der Waals surface area contributed by atoms with Crippen molar-refractivity contribution < 1.29 is 27.2 Å². The van der Waals surface area contributed by atoms with E-state index in [1.165, 1.54) is 34.6 Å². The van der Waals surface area contributed by atoms with Gasteiger partial charge in [-0.2, -0.15) is 4.31 Å². The third-order valence-electron chi connectivity index (χ3n) is 3.66. The van der Waals surface area contributed by atoms with Crippen molar-refractivity contribution >= 4 is 55.1 Å². The van der Waals surface area contributed by atoms with Crippen LogP contribution in [0.1, 0.15) is 24.4 Å². The van der Waals surface area contributed by atoms with Crippen LogP contribution >= 0.6 is 27.5 Å². The number of anilines is 1. The fourth-order valence-corrected chi connectivity index (χ4v) is 4.24. The minimum Gasteiger partial charge on any atom is -0.450 e. The second kappa shape index (κ2) is 9.55. The fourth-order valence-electron chi connectivity index (χ4n) is 2.29. The number of halogens is 2. The van der Waals surface area contributed by atoms with E-state index in [0.717, 1.165) is 0 Å². The minimum absolute atomic E-state index is 0.00618. The van der Waals surface area contributed by atoms with Crippen LogP contribution in [-0.2, 0) is 19.6 Å². The predicted molar refractivity (Wildman–Crippen MR) is 107 cm³/mol. The van der Waals surface area contributed by atoms with Gasteiger partial charge in [-0.15, -0.1) is 0 Å². The third-order valence-corrected chi connectivity index (χ3v) is 6.47. The van der Waals surface area contributed by atoms with Crippen LogP contribution in [0.3, 0.4) is 0 Å². The number of ether oxygens (including phenoxy) is 1. The Morgan fingerprint density at radius 1 is 1.21 bits per heavy atom. The second-order valence-electron chi connectivity index (χ2n) is 5.46. The smallest absolute Gasteiger partial charge is 0.374 e. The minimum atomic E-state index is -3.71. The van der Waals surface area contributed by atoms with Gasteiger partial charge in [0, 0.05) is 13.1 Å². The van der Waals surface area contributed by atoms with Crippen LogP contribution in [0.2, 0.25) is 5.02 Å². The molecule has 152 valence electrons. The largest absolute Gasteiger partial charge is 0.450 e. The number of nitrogens with zero attached hydrogens (tertiary/aromatic N) is 1. The van der Waals surface area contributed by atoms with E-state index in [0.29, 0.717) is 17.8 Å². The Kier molecular flexibility index (Phi) is 7.64. The Balaban J connectivity index is 2.09. The number of rotatable bonds is 8. The molecular formula is C17H18BrClN2O6S. The number of amides is 1. The molecule has 0 aliphatic carbocycles. The van der Waals surface area contributed by atoms with Crippen LogP contribution in [0, 0.1) is 0 Å². The van der Waals surface area contributed by atoms with Crippen LogP contribution in [0.4, 0.5) is 5.69 Å². The quantitative estimate of drug-likeness (QED) is 0.564. The highest BCUT2D eigenvalue weighted by Gasteiger charge is 2.23. The van der Waals surface area contributed by atoms with Crippen molar-refractivity contribution in [1.29, 1.82) is 0 Å². The summed E-state index contributed by atoms with van der Waals surface area (Å²) in [6.07, 6.45) is 0. The second-order valence-corrected chi connectivity index (χ2v) is 8.59. The Labute approximate surface area is 176 Å². The number of sulfonamides is 1. The Bertz CT molecular complexity index is 972. The lowest BCUT2D eigenvalue weighted by Crippen LogP contribution is -2.30. The summed E-state index contributed by atoms with van der Waals surface area (Å²) in [5, 5.41) is 2.59. The van der Waals surface area contributed by atoms with Gasteiger partial charge in [-0.1, -0.05) is 25.4 Å². The molecule has 0 radical (unpaired) electrons. The molecule has 0 atom stereocenters. The molecule has 1 aromatic carbocycles. The summed E-state index contributed by atoms with van der Waals surface area (Å²) in [5.41, 5.74) is 0.0942. The van der Waals surface area contributed by atoms with Gasteiger partial charge in [-0.3, -0.25) is 4.79 Å². The van der Waals surface area contributed by atoms with Crippen LogP contribution in [-0.4, -0.2) is 44.3 Å². The van der Waals surface area contributed by atoms with Crippen molar-refractivity contribution in [2.75, 3.05) is 25.0 Å². The van der Waals surface area contributed by atoms with E-state index >= 15 is 0 Å². The lowest BCUT2D eigenvalue weighted by Gasteiger charge is -2.19. The number of carbonyl (C=O) groups excluding carboxylic acids is 2. The highest BCUT2D eigenvalue weighted by Crippen LogP contribution is 2.27. The van der Waals surface area contributed by atoms with Crippen molar-refractivity contribution in [2.45, 2.75) is 18.7 Å². The molecule has 11 heteroatoms. The molecule has 2 aromatic rings. The first kappa shape index (κ1) is 22.4. The third kappa shape index (κ3) is 5.34. The van der Waals surface area contributed by atoms with Crippen LogP contribution in [0.25, 0.3) is 0 Å². The van der Waals surface area contributed by atoms with Crippen molar-refractivity contribution in [2.24, 2.45) is 0 Å². The zero-order valence-electron chi connectivity index (χ0n) is 15.1. The standard InChI is InChI=1S/C17H18BrClN2O6S/c1-3-21(4-2)28(24,25)11-5-6-12(19)13(9-11)20-16(22)10-26-17(23)14-7-8-15(18)27-14/h5-9H,3-4,10H2,1-2H3,(H,20,22). The summed E-state index contributed by atoms with van der Waals surface area (Å²) in [6, 6.07) is 6.90. The highest BCUT2D eigenvalue weighted by molar-refractivity contribution is 9.10. The van der Waals surface area contributed by atoms with Gasteiger partial charge in [0.05, 0.1) is 15.6 Å². The molecule has 0 aliphatic rings. The Hall–Kier alpha value is -1.88. The molecular weight excluding hydrogens is 476 g/mol. The SMILES string of the molecule is CCN(CC)S(=O)(=O)c1ccc(Cl)c(NC(=O)COC(=O)c2ccc(Br)o2)c1. The van der Waals surface area contributed by atoms with E-state index in [1.54, 1.807) is 13.8 Å². The lowest BCUT2D eigenvalue weighted by atomic mass is 10.3. The zero-order valence-corrected chi connectivity index (χ0v) is 18.2. The van der Waals surface area contributed by atoms with Gasteiger partial charge in [-0.05, 0) is 46.3 Å².